The van der Waals surface area contributed by atoms with E-state index in [1.807, 2.05) is 57.2 Å². The molecular formula is C21H21N3O3. The highest BCUT2D eigenvalue weighted by Gasteiger charge is 2.19. The van der Waals surface area contributed by atoms with Crippen LogP contribution in [0.25, 0.3) is 5.69 Å². The minimum absolute atomic E-state index is 0.0428. The number of aromatic nitrogens is 2. The largest absolute Gasteiger partial charge is 0.494 e. The monoisotopic (exact) mass is 363 g/mol. The van der Waals surface area contributed by atoms with E-state index in [2.05, 4.69) is 10.4 Å². The van der Waals surface area contributed by atoms with E-state index in [0.717, 1.165) is 16.7 Å². The maximum Gasteiger partial charge on any atom is 0.280 e. The van der Waals surface area contributed by atoms with Crippen LogP contribution in [-0.2, 0) is 0 Å². The Morgan fingerprint density at radius 1 is 1.04 bits per heavy atom. The molecule has 1 amide bonds. The van der Waals surface area contributed by atoms with Gasteiger partial charge in [0.05, 0.1) is 18.9 Å². The maximum absolute atomic E-state index is 12.9. The highest BCUT2D eigenvalue weighted by Crippen LogP contribution is 2.20. The summed E-state index contributed by atoms with van der Waals surface area (Å²) < 4.78 is 6.44. The van der Waals surface area contributed by atoms with Crippen LogP contribution in [0.15, 0.2) is 53.3 Å². The molecule has 0 aliphatic carbocycles. The van der Waals surface area contributed by atoms with Crippen molar-refractivity contribution in [2.75, 3.05) is 12.4 Å². The molecule has 0 unspecified atom stereocenters. The summed E-state index contributed by atoms with van der Waals surface area (Å²) in [5, 5.41) is 7.15. The van der Waals surface area contributed by atoms with Gasteiger partial charge in [-0.15, -0.1) is 0 Å². The molecule has 0 atom stereocenters. The Morgan fingerprint density at radius 2 is 1.78 bits per heavy atom. The first-order valence-electron chi connectivity index (χ1n) is 8.53. The van der Waals surface area contributed by atoms with E-state index in [1.54, 1.807) is 6.07 Å². The predicted octanol–water partition coefficient (Wildman–Crippen LogP) is 3.42. The van der Waals surface area contributed by atoms with E-state index in [9.17, 15) is 9.59 Å². The van der Waals surface area contributed by atoms with Crippen molar-refractivity contribution in [3.63, 3.8) is 0 Å². The molecule has 0 aliphatic heterocycles. The molecule has 0 fully saturated rings. The number of para-hydroxylation sites is 1. The van der Waals surface area contributed by atoms with Crippen LogP contribution in [0.1, 0.15) is 27.2 Å². The minimum atomic E-state index is -0.442. The van der Waals surface area contributed by atoms with Gasteiger partial charge in [0.1, 0.15) is 0 Å². The Balaban J connectivity index is 2.07. The third-order valence-electron chi connectivity index (χ3n) is 4.32. The van der Waals surface area contributed by atoms with Crippen LogP contribution in [0.5, 0.6) is 5.75 Å². The minimum Gasteiger partial charge on any atom is -0.494 e. The Morgan fingerprint density at radius 3 is 2.48 bits per heavy atom. The fourth-order valence-electron chi connectivity index (χ4n) is 2.78. The Kier molecular flexibility index (Phi) is 5.07. The van der Waals surface area contributed by atoms with E-state index < -0.39 is 5.91 Å². The molecule has 0 saturated heterocycles. The SMILES string of the molecule is COc1cc(=O)n(-c2ccccc2C)nc1C(=O)Nc1cc(C)ccc1C. The van der Waals surface area contributed by atoms with Crippen molar-refractivity contribution in [2.45, 2.75) is 20.8 Å². The third kappa shape index (κ3) is 3.74. The second-order valence-electron chi connectivity index (χ2n) is 6.37. The molecule has 0 radical (unpaired) electrons. The van der Waals surface area contributed by atoms with E-state index in [-0.39, 0.29) is 17.0 Å². The Bertz CT molecular complexity index is 1070. The lowest BCUT2D eigenvalue weighted by Gasteiger charge is -2.14. The smallest absolute Gasteiger partial charge is 0.280 e. The molecular weight excluding hydrogens is 342 g/mol. The van der Waals surface area contributed by atoms with Gasteiger partial charge in [0, 0.05) is 5.69 Å². The van der Waals surface area contributed by atoms with Gasteiger partial charge in [-0.2, -0.15) is 9.78 Å². The number of anilines is 1. The van der Waals surface area contributed by atoms with E-state index in [1.165, 1.54) is 17.9 Å². The number of hydrogen-bond acceptors (Lipinski definition) is 4. The van der Waals surface area contributed by atoms with Crippen LogP contribution >= 0.6 is 0 Å². The first kappa shape index (κ1) is 18.4. The summed E-state index contributed by atoms with van der Waals surface area (Å²) in [5.41, 5.74) is 3.81. The summed E-state index contributed by atoms with van der Waals surface area (Å²) in [4.78, 5) is 25.3. The average Bonchev–Trinajstić information content (AvgIpc) is 2.65. The van der Waals surface area contributed by atoms with E-state index >= 15 is 0 Å². The first-order chi connectivity index (χ1) is 12.9. The fourth-order valence-corrected chi connectivity index (χ4v) is 2.78. The van der Waals surface area contributed by atoms with Crippen LogP contribution in [0.4, 0.5) is 5.69 Å². The second-order valence-corrected chi connectivity index (χ2v) is 6.37. The first-order valence-corrected chi connectivity index (χ1v) is 8.53. The van der Waals surface area contributed by atoms with Crippen molar-refractivity contribution in [3.05, 3.63) is 81.3 Å². The van der Waals surface area contributed by atoms with Crippen molar-refractivity contribution in [3.8, 4) is 11.4 Å². The standard InChI is InChI=1S/C21H21N3O3/c1-13-9-10-14(2)16(11-13)22-21(26)20-18(27-4)12-19(25)24(23-20)17-8-6-5-7-15(17)3/h5-12H,1-4H3,(H,22,26). The van der Waals surface area contributed by atoms with Crippen LogP contribution in [0.2, 0.25) is 0 Å². The molecule has 27 heavy (non-hydrogen) atoms. The third-order valence-corrected chi connectivity index (χ3v) is 4.32. The van der Waals surface area contributed by atoms with Crippen molar-refractivity contribution in [1.29, 1.82) is 0 Å². The molecule has 3 rings (SSSR count). The summed E-state index contributed by atoms with van der Waals surface area (Å²) in [7, 11) is 1.41. The van der Waals surface area contributed by atoms with Gasteiger partial charge in [-0.1, -0.05) is 30.3 Å². The van der Waals surface area contributed by atoms with Gasteiger partial charge in [-0.3, -0.25) is 9.59 Å². The van der Waals surface area contributed by atoms with Crippen molar-refractivity contribution in [1.82, 2.24) is 9.78 Å². The molecule has 6 nitrogen and oxygen atoms in total. The highest BCUT2D eigenvalue weighted by molar-refractivity contribution is 6.05. The van der Waals surface area contributed by atoms with Crippen molar-refractivity contribution in [2.24, 2.45) is 0 Å². The van der Waals surface area contributed by atoms with Crippen LogP contribution in [0, 0.1) is 20.8 Å². The molecule has 2 aromatic carbocycles. The van der Waals surface area contributed by atoms with E-state index in [0.29, 0.717) is 11.4 Å². The lowest BCUT2D eigenvalue weighted by atomic mass is 10.1. The molecule has 1 heterocycles. The number of nitrogens with one attached hydrogen (secondary N) is 1. The van der Waals surface area contributed by atoms with Gasteiger partial charge in [-0.05, 0) is 49.6 Å². The van der Waals surface area contributed by atoms with Gasteiger partial charge < -0.3 is 10.1 Å². The zero-order chi connectivity index (χ0) is 19.6. The number of ether oxygens (including phenoxy) is 1. The van der Waals surface area contributed by atoms with Gasteiger partial charge in [-0.25, -0.2) is 0 Å². The molecule has 0 saturated carbocycles. The number of carbonyl (C=O) groups excluding carboxylic acids is 1. The Labute approximate surface area is 157 Å². The van der Waals surface area contributed by atoms with Gasteiger partial charge in [0.2, 0.25) is 0 Å². The van der Waals surface area contributed by atoms with E-state index in [4.69, 9.17) is 4.74 Å². The number of nitrogens with zero attached hydrogens (tertiary/aromatic N) is 2. The van der Waals surface area contributed by atoms with Crippen molar-refractivity contribution < 1.29 is 9.53 Å². The number of hydrogen-bond donors (Lipinski definition) is 1. The van der Waals surface area contributed by atoms with Crippen molar-refractivity contribution >= 4 is 11.6 Å². The number of amides is 1. The lowest BCUT2D eigenvalue weighted by Crippen LogP contribution is -2.26. The number of benzene rings is 2. The van der Waals surface area contributed by atoms with Crippen LogP contribution in [0.3, 0.4) is 0 Å². The molecule has 1 N–H and O–H groups in total. The van der Waals surface area contributed by atoms with Crippen LogP contribution < -0.4 is 15.6 Å². The van der Waals surface area contributed by atoms with Gasteiger partial charge in [0.25, 0.3) is 11.5 Å². The topological polar surface area (TPSA) is 73.2 Å². The number of carbonyl (C=O) groups is 1. The number of methoxy groups -OCH3 is 1. The summed E-state index contributed by atoms with van der Waals surface area (Å²) in [5.74, 6) is -0.310. The quantitative estimate of drug-likeness (QED) is 0.771. The van der Waals surface area contributed by atoms with Crippen LogP contribution in [-0.4, -0.2) is 22.8 Å². The molecule has 0 spiro atoms. The molecule has 0 aliphatic rings. The molecule has 6 heteroatoms. The molecule has 138 valence electrons. The van der Waals surface area contributed by atoms with Gasteiger partial charge >= 0.3 is 0 Å². The summed E-state index contributed by atoms with van der Waals surface area (Å²) >= 11 is 0. The van der Waals surface area contributed by atoms with Gasteiger partial charge in [0.15, 0.2) is 11.4 Å². The molecule has 1 aromatic heterocycles. The number of rotatable bonds is 4. The normalized spacial score (nSPS) is 10.5. The zero-order valence-corrected chi connectivity index (χ0v) is 15.7. The molecule has 3 aromatic rings. The average molecular weight is 363 g/mol. The maximum atomic E-state index is 12.9. The highest BCUT2D eigenvalue weighted by atomic mass is 16.5. The predicted molar refractivity (Wildman–Crippen MR) is 105 cm³/mol. The summed E-state index contributed by atoms with van der Waals surface area (Å²) in [6, 6.07) is 14.4. The Hall–Kier alpha value is -3.41. The molecule has 0 bridgehead atoms. The summed E-state index contributed by atoms with van der Waals surface area (Å²) in [6.07, 6.45) is 0. The summed E-state index contributed by atoms with van der Waals surface area (Å²) in [6.45, 7) is 5.74. The zero-order valence-electron chi connectivity index (χ0n) is 15.7. The second kappa shape index (κ2) is 7.45. The number of aryl methyl sites for hydroxylation is 3. The lowest BCUT2D eigenvalue weighted by molar-refractivity contribution is 0.101. The fraction of sp³-hybridized carbons (Fsp3) is 0.190.